The number of hydrogen-bond acceptors (Lipinski definition) is 6. The molecule has 1 aliphatic heterocycles. The number of carbonyl (C=O) groups excluding carboxylic acids is 2. The van der Waals surface area contributed by atoms with E-state index in [-0.39, 0.29) is 17.3 Å². The van der Waals surface area contributed by atoms with E-state index >= 15 is 0 Å². The van der Waals surface area contributed by atoms with Gasteiger partial charge in [-0.25, -0.2) is 0 Å². The highest BCUT2D eigenvalue weighted by Crippen LogP contribution is 2.26. The summed E-state index contributed by atoms with van der Waals surface area (Å²) in [6, 6.07) is 6.39. The molecule has 0 bridgehead atoms. The van der Waals surface area contributed by atoms with E-state index in [2.05, 4.69) is 9.71 Å². The number of sulfonamides is 1. The van der Waals surface area contributed by atoms with Crippen LogP contribution in [-0.2, 0) is 24.3 Å². The van der Waals surface area contributed by atoms with Crippen LogP contribution in [-0.4, -0.2) is 56.8 Å². The molecule has 0 aliphatic carbocycles. The fraction of sp³-hybridized carbons (Fsp3) is 0.438. The van der Waals surface area contributed by atoms with Crippen LogP contribution in [0.4, 0.5) is 0 Å². The fourth-order valence-electron chi connectivity index (χ4n) is 2.28. The zero-order valence-electron chi connectivity index (χ0n) is 14.6. The van der Waals surface area contributed by atoms with E-state index in [1.54, 1.807) is 18.2 Å². The molecular formula is C16H21N3O5S. The molecule has 1 aromatic carbocycles. The van der Waals surface area contributed by atoms with E-state index in [4.69, 9.17) is 4.74 Å². The molecule has 1 heterocycles. The minimum atomic E-state index is -3.75. The van der Waals surface area contributed by atoms with Crippen molar-refractivity contribution >= 4 is 27.7 Å². The Morgan fingerprint density at radius 2 is 1.88 bits per heavy atom. The van der Waals surface area contributed by atoms with Crippen molar-refractivity contribution in [3.05, 3.63) is 29.8 Å². The van der Waals surface area contributed by atoms with Crippen LogP contribution in [0, 0.1) is 0 Å². The number of benzene rings is 1. The minimum absolute atomic E-state index is 0.106. The molecular weight excluding hydrogens is 346 g/mol. The number of hydrogen-bond donors (Lipinski definition) is 1. The summed E-state index contributed by atoms with van der Waals surface area (Å²) < 4.78 is 32.7. The number of likely N-dealkylation sites (N-methyl/N-ethyl adjacent to an activating group) is 1. The van der Waals surface area contributed by atoms with Crippen molar-refractivity contribution in [3.8, 4) is 0 Å². The number of ether oxygens (including phenoxy) is 1. The van der Waals surface area contributed by atoms with Gasteiger partial charge in [0.15, 0.2) is 12.4 Å². The molecule has 0 saturated heterocycles. The number of nitrogens with zero attached hydrogens (tertiary/aromatic N) is 2. The van der Waals surface area contributed by atoms with E-state index < -0.39 is 34.0 Å². The monoisotopic (exact) mass is 367 g/mol. The molecule has 9 heteroatoms. The molecule has 136 valence electrons. The van der Waals surface area contributed by atoms with Gasteiger partial charge in [-0.2, -0.15) is 8.42 Å². The summed E-state index contributed by atoms with van der Waals surface area (Å²) in [5.41, 5.74) is 0.0139. The van der Waals surface area contributed by atoms with Crippen molar-refractivity contribution in [3.63, 3.8) is 0 Å². The van der Waals surface area contributed by atoms with Gasteiger partial charge >= 0.3 is 5.97 Å². The third-order valence-corrected chi connectivity index (χ3v) is 4.54. The molecule has 1 aromatic rings. The van der Waals surface area contributed by atoms with Gasteiger partial charge in [-0.05, 0) is 32.9 Å². The highest BCUT2D eigenvalue weighted by Gasteiger charge is 2.31. The Bertz CT molecular complexity index is 824. The second-order valence-corrected chi connectivity index (χ2v) is 8.27. The van der Waals surface area contributed by atoms with Crippen LogP contribution in [0.5, 0.6) is 0 Å². The summed E-state index contributed by atoms with van der Waals surface area (Å²) in [6.07, 6.45) is 0. The summed E-state index contributed by atoms with van der Waals surface area (Å²) in [5.74, 6) is -0.891. The highest BCUT2D eigenvalue weighted by molar-refractivity contribution is 7.90. The first-order chi connectivity index (χ1) is 11.5. The number of nitrogens with one attached hydrogen (secondary N) is 1. The van der Waals surface area contributed by atoms with Crippen LogP contribution in [0.3, 0.4) is 0 Å². The van der Waals surface area contributed by atoms with Crippen LogP contribution in [0.25, 0.3) is 0 Å². The third kappa shape index (κ3) is 4.79. The van der Waals surface area contributed by atoms with Gasteiger partial charge in [-0.1, -0.05) is 12.1 Å². The van der Waals surface area contributed by atoms with Gasteiger partial charge < -0.3 is 15.0 Å². The lowest BCUT2D eigenvalue weighted by atomic mass is 10.1. The van der Waals surface area contributed by atoms with Crippen LogP contribution in [0.1, 0.15) is 26.3 Å². The van der Waals surface area contributed by atoms with Gasteiger partial charge in [0.2, 0.25) is 0 Å². The van der Waals surface area contributed by atoms with Crippen molar-refractivity contribution in [1.29, 1.82) is 0 Å². The lowest BCUT2D eigenvalue weighted by Crippen LogP contribution is -2.43. The van der Waals surface area contributed by atoms with E-state index in [0.29, 0.717) is 5.56 Å². The van der Waals surface area contributed by atoms with Gasteiger partial charge in [0, 0.05) is 18.2 Å². The smallest absolute Gasteiger partial charge is 0.326 e. The predicted molar refractivity (Wildman–Crippen MR) is 91.6 cm³/mol. The molecule has 2 rings (SSSR count). The maximum absolute atomic E-state index is 12.0. The van der Waals surface area contributed by atoms with E-state index in [0.717, 1.165) is 0 Å². The highest BCUT2D eigenvalue weighted by atomic mass is 32.2. The van der Waals surface area contributed by atoms with Crippen molar-refractivity contribution in [2.24, 2.45) is 4.40 Å². The van der Waals surface area contributed by atoms with Gasteiger partial charge in [-0.3, -0.25) is 9.59 Å². The number of amidine groups is 1. The van der Waals surface area contributed by atoms with Gasteiger partial charge in [0.05, 0.1) is 0 Å². The molecule has 0 radical (unpaired) electrons. The van der Waals surface area contributed by atoms with Gasteiger partial charge in [0.25, 0.3) is 15.9 Å². The largest absolute Gasteiger partial charge is 0.454 e. The number of rotatable bonds is 4. The Morgan fingerprint density at radius 3 is 2.52 bits per heavy atom. The summed E-state index contributed by atoms with van der Waals surface area (Å²) in [5, 5.41) is 2.67. The quantitative estimate of drug-likeness (QED) is 0.778. The van der Waals surface area contributed by atoms with Crippen LogP contribution in [0.15, 0.2) is 33.6 Å². The summed E-state index contributed by atoms with van der Waals surface area (Å²) in [6.45, 7) is 4.82. The molecule has 8 nitrogen and oxygen atoms in total. The molecule has 0 spiro atoms. The molecule has 0 saturated carbocycles. The third-order valence-electron chi connectivity index (χ3n) is 3.22. The Kier molecular flexibility index (Phi) is 5.17. The Labute approximate surface area is 146 Å². The summed E-state index contributed by atoms with van der Waals surface area (Å²) >= 11 is 0. The molecule has 0 fully saturated rings. The summed E-state index contributed by atoms with van der Waals surface area (Å²) in [7, 11) is -2.22. The van der Waals surface area contributed by atoms with Gasteiger partial charge in [0.1, 0.15) is 11.4 Å². The van der Waals surface area contributed by atoms with Crippen molar-refractivity contribution in [1.82, 2.24) is 10.2 Å². The molecule has 1 amide bonds. The Balaban J connectivity index is 1.98. The molecule has 1 aliphatic rings. The zero-order chi connectivity index (χ0) is 18.8. The maximum Gasteiger partial charge on any atom is 0.326 e. The molecule has 0 aromatic heterocycles. The fourth-order valence-corrected chi connectivity index (χ4v) is 3.53. The van der Waals surface area contributed by atoms with Crippen molar-refractivity contribution < 1.29 is 22.7 Å². The molecule has 0 unspecified atom stereocenters. The van der Waals surface area contributed by atoms with Crippen molar-refractivity contribution in [2.45, 2.75) is 31.2 Å². The summed E-state index contributed by atoms with van der Waals surface area (Å²) in [4.78, 5) is 25.0. The van der Waals surface area contributed by atoms with Gasteiger partial charge in [-0.15, -0.1) is 4.40 Å². The number of fused-ring (bicyclic) bond motifs is 1. The van der Waals surface area contributed by atoms with E-state index in [1.807, 2.05) is 20.8 Å². The van der Waals surface area contributed by atoms with Crippen molar-refractivity contribution in [2.75, 3.05) is 20.2 Å². The molecule has 25 heavy (non-hydrogen) atoms. The van der Waals surface area contributed by atoms with E-state index in [9.17, 15) is 18.0 Å². The zero-order valence-corrected chi connectivity index (χ0v) is 15.4. The minimum Gasteiger partial charge on any atom is -0.454 e. The lowest BCUT2D eigenvalue weighted by Gasteiger charge is -2.21. The molecule has 0 atom stereocenters. The first-order valence-electron chi connectivity index (χ1n) is 7.62. The Morgan fingerprint density at radius 1 is 1.24 bits per heavy atom. The average molecular weight is 367 g/mol. The van der Waals surface area contributed by atoms with Crippen LogP contribution < -0.4 is 5.32 Å². The molecule has 1 N–H and O–H groups in total. The van der Waals surface area contributed by atoms with E-state index in [1.165, 1.54) is 18.0 Å². The standard InChI is InChI=1S/C16H21N3O5S/c1-16(2,3)17-13(20)10-24-14(21)9-19(4)15-11-7-5-6-8-12(11)25(22,23)18-15/h5-8H,9-10H2,1-4H3,(H,17,20). The lowest BCUT2D eigenvalue weighted by molar-refractivity contribution is -0.149. The second-order valence-electron chi connectivity index (χ2n) is 6.70. The number of esters is 1. The first-order valence-corrected chi connectivity index (χ1v) is 9.06. The number of carbonyl (C=O) groups is 2. The SMILES string of the molecule is CN(CC(=O)OCC(=O)NC(C)(C)C)C1=NS(=O)(=O)c2ccccc21. The van der Waals surface area contributed by atoms with Crippen LogP contribution in [0.2, 0.25) is 0 Å². The maximum atomic E-state index is 12.0. The predicted octanol–water partition coefficient (Wildman–Crippen LogP) is 0.525. The Hall–Kier alpha value is -2.42. The first kappa shape index (κ1) is 18.9. The normalized spacial score (nSPS) is 15.1. The average Bonchev–Trinajstić information content (AvgIpc) is 2.76. The topological polar surface area (TPSA) is 105 Å². The number of amides is 1. The second kappa shape index (κ2) is 6.83. The van der Waals surface area contributed by atoms with Crippen LogP contribution >= 0.6 is 0 Å².